The number of amides is 1. The van der Waals surface area contributed by atoms with Crippen LogP contribution >= 0.6 is 0 Å². The van der Waals surface area contributed by atoms with E-state index in [2.05, 4.69) is 15.4 Å². The molecule has 0 saturated heterocycles. The molecule has 3 aromatic rings. The van der Waals surface area contributed by atoms with Crippen LogP contribution in [0, 0.1) is 0 Å². The van der Waals surface area contributed by atoms with Crippen molar-refractivity contribution in [3.8, 4) is 0 Å². The summed E-state index contributed by atoms with van der Waals surface area (Å²) in [5.41, 5.74) is 0.737. The maximum absolute atomic E-state index is 12.8. The lowest BCUT2D eigenvalue weighted by atomic mass is 9.96. The van der Waals surface area contributed by atoms with Gasteiger partial charge in [0.05, 0.1) is 17.8 Å². The first-order chi connectivity index (χ1) is 12.2. The van der Waals surface area contributed by atoms with E-state index in [4.69, 9.17) is 0 Å². The molecular weight excluding hydrogens is 316 g/mol. The van der Waals surface area contributed by atoms with Gasteiger partial charge < -0.3 is 10.3 Å². The zero-order valence-corrected chi connectivity index (χ0v) is 13.9. The van der Waals surface area contributed by atoms with Crippen molar-refractivity contribution in [3.05, 3.63) is 58.5 Å². The predicted octanol–water partition coefficient (Wildman–Crippen LogP) is 3.48. The summed E-state index contributed by atoms with van der Waals surface area (Å²) in [6.45, 7) is 0. The van der Waals surface area contributed by atoms with Crippen LogP contribution in [0.15, 0.2) is 47.4 Å². The molecule has 0 spiro atoms. The fourth-order valence-electron chi connectivity index (χ4n) is 3.61. The van der Waals surface area contributed by atoms with Gasteiger partial charge in [-0.15, -0.1) is 0 Å². The standard InChI is InChI=1S/C19H20N4O2/c24-18-12-15(14-8-4-5-9-16(14)21-18)19(25)22-17-10-11-20-23(17)13-6-2-1-3-7-13/h4-5,8-13H,1-3,6-7H2,(H,21,24)(H,22,25). The minimum absolute atomic E-state index is 0.287. The van der Waals surface area contributed by atoms with Gasteiger partial charge in [0.2, 0.25) is 5.56 Å². The number of anilines is 1. The van der Waals surface area contributed by atoms with Crippen LogP contribution in [0.5, 0.6) is 0 Å². The quantitative estimate of drug-likeness (QED) is 0.768. The van der Waals surface area contributed by atoms with Crippen molar-refractivity contribution in [2.45, 2.75) is 38.1 Å². The number of H-pyrrole nitrogens is 1. The Balaban J connectivity index is 1.66. The average Bonchev–Trinajstić information content (AvgIpc) is 3.09. The molecule has 1 saturated carbocycles. The van der Waals surface area contributed by atoms with Gasteiger partial charge >= 0.3 is 0 Å². The Morgan fingerprint density at radius 3 is 2.80 bits per heavy atom. The Hall–Kier alpha value is -2.89. The number of aromatic amines is 1. The van der Waals surface area contributed by atoms with Crippen LogP contribution in [0.3, 0.4) is 0 Å². The number of nitrogens with zero attached hydrogens (tertiary/aromatic N) is 2. The van der Waals surface area contributed by atoms with Gasteiger partial charge in [-0.2, -0.15) is 5.10 Å². The summed E-state index contributed by atoms with van der Waals surface area (Å²) in [7, 11) is 0. The first-order valence-corrected chi connectivity index (χ1v) is 8.69. The molecule has 2 N–H and O–H groups in total. The fraction of sp³-hybridized carbons (Fsp3) is 0.316. The molecular formula is C19H20N4O2. The van der Waals surface area contributed by atoms with Crippen LogP contribution in [-0.2, 0) is 0 Å². The monoisotopic (exact) mass is 336 g/mol. The third-order valence-electron chi connectivity index (χ3n) is 4.83. The molecule has 1 aliphatic carbocycles. The number of carbonyl (C=O) groups excluding carboxylic acids is 1. The summed E-state index contributed by atoms with van der Waals surface area (Å²) in [5, 5.41) is 8.06. The number of benzene rings is 1. The summed E-state index contributed by atoms with van der Waals surface area (Å²) >= 11 is 0. The number of hydrogen-bond acceptors (Lipinski definition) is 3. The number of para-hydroxylation sites is 1. The smallest absolute Gasteiger partial charge is 0.257 e. The SMILES string of the molecule is O=C(Nc1ccnn1C1CCCCC1)c1cc(=O)[nH]c2ccccc12. The Morgan fingerprint density at radius 2 is 1.96 bits per heavy atom. The third-order valence-corrected chi connectivity index (χ3v) is 4.83. The van der Waals surface area contributed by atoms with Crippen molar-refractivity contribution in [2.75, 3.05) is 5.32 Å². The molecule has 2 heterocycles. The lowest BCUT2D eigenvalue weighted by Crippen LogP contribution is -2.21. The number of aromatic nitrogens is 3. The Morgan fingerprint density at radius 1 is 1.16 bits per heavy atom. The second kappa shape index (κ2) is 6.55. The number of hydrogen-bond donors (Lipinski definition) is 2. The summed E-state index contributed by atoms with van der Waals surface area (Å²) in [6.07, 6.45) is 7.52. The summed E-state index contributed by atoms with van der Waals surface area (Å²) in [5.74, 6) is 0.390. The van der Waals surface area contributed by atoms with Gasteiger partial charge in [0.25, 0.3) is 5.91 Å². The molecule has 0 radical (unpaired) electrons. The van der Waals surface area contributed by atoms with Crippen molar-refractivity contribution < 1.29 is 4.79 Å². The van der Waals surface area contributed by atoms with E-state index in [0.717, 1.165) is 18.2 Å². The molecule has 6 nitrogen and oxygen atoms in total. The van der Waals surface area contributed by atoms with Crippen LogP contribution in [0.25, 0.3) is 10.9 Å². The minimum Gasteiger partial charge on any atom is -0.322 e. The van der Waals surface area contributed by atoms with Crippen LogP contribution in [0.4, 0.5) is 5.82 Å². The molecule has 0 atom stereocenters. The predicted molar refractivity (Wildman–Crippen MR) is 96.9 cm³/mol. The molecule has 0 unspecified atom stereocenters. The summed E-state index contributed by atoms with van der Waals surface area (Å²) in [4.78, 5) is 27.4. The van der Waals surface area contributed by atoms with Gasteiger partial charge in [0, 0.05) is 23.0 Å². The van der Waals surface area contributed by atoms with Gasteiger partial charge in [0.1, 0.15) is 5.82 Å². The third kappa shape index (κ3) is 3.07. The molecule has 25 heavy (non-hydrogen) atoms. The van der Waals surface area contributed by atoms with E-state index in [-0.39, 0.29) is 11.5 Å². The lowest BCUT2D eigenvalue weighted by molar-refractivity contribution is 0.102. The van der Waals surface area contributed by atoms with Crippen LogP contribution in [0.2, 0.25) is 0 Å². The van der Waals surface area contributed by atoms with Crippen LogP contribution in [-0.4, -0.2) is 20.7 Å². The summed E-state index contributed by atoms with van der Waals surface area (Å²) < 4.78 is 1.91. The van der Waals surface area contributed by atoms with E-state index in [1.165, 1.54) is 25.3 Å². The molecule has 6 heteroatoms. The van der Waals surface area contributed by atoms with Gasteiger partial charge in [-0.05, 0) is 18.9 Å². The minimum atomic E-state index is -0.292. The summed E-state index contributed by atoms with van der Waals surface area (Å²) in [6, 6.07) is 10.8. The van der Waals surface area contributed by atoms with Crippen molar-refractivity contribution in [3.63, 3.8) is 0 Å². The highest BCUT2D eigenvalue weighted by Gasteiger charge is 2.20. The first kappa shape index (κ1) is 15.6. The molecule has 4 rings (SSSR count). The van der Waals surface area contributed by atoms with Gasteiger partial charge in [-0.3, -0.25) is 9.59 Å². The van der Waals surface area contributed by atoms with Crippen LogP contribution in [0.1, 0.15) is 48.5 Å². The number of pyridine rings is 1. The molecule has 2 aromatic heterocycles. The second-order valence-corrected chi connectivity index (χ2v) is 6.50. The van der Waals surface area contributed by atoms with E-state index in [9.17, 15) is 9.59 Å². The highest BCUT2D eigenvalue weighted by Crippen LogP contribution is 2.30. The largest absolute Gasteiger partial charge is 0.322 e. The number of rotatable bonds is 3. The molecule has 1 fully saturated rings. The molecule has 1 amide bonds. The normalized spacial score (nSPS) is 15.4. The number of nitrogens with one attached hydrogen (secondary N) is 2. The Bertz CT molecular complexity index is 967. The van der Waals surface area contributed by atoms with E-state index in [0.29, 0.717) is 22.9 Å². The lowest BCUT2D eigenvalue weighted by Gasteiger charge is -2.24. The molecule has 0 bridgehead atoms. The highest BCUT2D eigenvalue weighted by atomic mass is 16.2. The van der Waals surface area contributed by atoms with Gasteiger partial charge in [-0.1, -0.05) is 37.5 Å². The molecule has 1 aromatic carbocycles. The van der Waals surface area contributed by atoms with Crippen LogP contribution < -0.4 is 10.9 Å². The van der Waals surface area contributed by atoms with E-state index >= 15 is 0 Å². The van der Waals surface area contributed by atoms with E-state index in [1.54, 1.807) is 12.3 Å². The topological polar surface area (TPSA) is 79.8 Å². The maximum atomic E-state index is 12.8. The number of fused-ring (bicyclic) bond motifs is 1. The zero-order valence-electron chi connectivity index (χ0n) is 13.9. The van der Waals surface area contributed by atoms with Gasteiger partial charge in [0.15, 0.2) is 0 Å². The molecule has 128 valence electrons. The second-order valence-electron chi connectivity index (χ2n) is 6.50. The molecule has 0 aliphatic heterocycles. The van der Waals surface area contributed by atoms with Crippen molar-refractivity contribution in [2.24, 2.45) is 0 Å². The fourth-order valence-corrected chi connectivity index (χ4v) is 3.61. The van der Waals surface area contributed by atoms with Crippen molar-refractivity contribution >= 4 is 22.6 Å². The maximum Gasteiger partial charge on any atom is 0.257 e. The van der Waals surface area contributed by atoms with E-state index < -0.39 is 0 Å². The van der Waals surface area contributed by atoms with Crippen molar-refractivity contribution in [1.82, 2.24) is 14.8 Å². The Labute approximate surface area is 144 Å². The first-order valence-electron chi connectivity index (χ1n) is 8.69. The average molecular weight is 336 g/mol. The number of carbonyl (C=O) groups is 1. The van der Waals surface area contributed by atoms with Gasteiger partial charge in [-0.25, -0.2) is 4.68 Å². The Kier molecular flexibility index (Phi) is 4.09. The van der Waals surface area contributed by atoms with Crippen molar-refractivity contribution in [1.29, 1.82) is 0 Å². The van der Waals surface area contributed by atoms with E-state index in [1.807, 2.05) is 28.9 Å². The highest BCUT2D eigenvalue weighted by molar-refractivity contribution is 6.11. The molecule has 1 aliphatic rings. The zero-order chi connectivity index (χ0) is 17.2.